The number of thiazole rings is 1. The van der Waals surface area contributed by atoms with E-state index in [0.29, 0.717) is 0 Å². The Morgan fingerprint density at radius 1 is 1.32 bits per heavy atom. The Morgan fingerprint density at radius 3 is 2.68 bits per heavy atom. The second kappa shape index (κ2) is 6.80. The van der Waals surface area contributed by atoms with E-state index in [1.165, 1.54) is 10.4 Å². The first-order chi connectivity index (χ1) is 9.15. The maximum absolute atomic E-state index is 6.22. The third-order valence-corrected chi connectivity index (χ3v) is 4.07. The Bertz CT molecular complexity index is 495. The van der Waals surface area contributed by atoms with Crippen LogP contribution in [0.3, 0.4) is 0 Å². The molecule has 0 spiro atoms. The molecule has 1 aromatic heterocycles. The highest BCUT2D eigenvalue weighted by molar-refractivity contribution is 7.09. The van der Waals surface area contributed by atoms with E-state index in [1.54, 1.807) is 11.3 Å². The van der Waals surface area contributed by atoms with Gasteiger partial charge < -0.3 is 5.73 Å². The molecule has 0 radical (unpaired) electrons. The van der Waals surface area contributed by atoms with Gasteiger partial charge in [-0.3, -0.25) is 4.90 Å². The van der Waals surface area contributed by atoms with Gasteiger partial charge in [-0.05, 0) is 26.0 Å². The Kier molecular flexibility index (Phi) is 5.07. The van der Waals surface area contributed by atoms with Crippen molar-refractivity contribution in [1.29, 1.82) is 0 Å². The predicted octanol–water partition coefficient (Wildman–Crippen LogP) is 2.45. The summed E-state index contributed by atoms with van der Waals surface area (Å²) in [5.41, 5.74) is 10.6. The first-order valence-electron chi connectivity index (χ1n) is 6.52. The molecule has 1 unspecified atom stereocenters. The number of nitrogens with zero attached hydrogens (tertiary/aromatic N) is 2. The molecule has 1 heterocycles. The summed E-state index contributed by atoms with van der Waals surface area (Å²) in [6.07, 6.45) is 0.923. The van der Waals surface area contributed by atoms with Gasteiger partial charge in [-0.1, -0.05) is 30.3 Å². The SMILES string of the molecule is Cc1ncsc1CN(C)CC(N)Cc1ccccc1. The first-order valence-corrected chi connectivity index (χ1v) is 7.40. The highest BCUT2D eigenvalue weighted by Crippen LogP contribution is 2.14. The molecule has 0 saturated carbocycles. The molecule has 0 aliphatic heterocycles. The second-order valence-electron chi connectivity index (χ2n) is 5.01. The average Bonchev–Trinajstić information content (AvgIpc) is 2.76. The third-order valence-electron chi connectivity index (χ3n) is 3.15. The Morgan fingerprint density at radius 2 is 2.05 bits per heavy atom. The monoisotopic (exact) mass is 275 g/mol. The smallest absolute Gasteiger partial charge is 0.0798 e. The lowest BCUT2D eigenvalue weighted by atomic mass is 10.1. The topological polar surface area (TPSA) is 42.2 Å². The van der Waals surface area contributed by atoms with Gasteiger partial charge in [0.2, 0.25) is 0 Å². The van der Waals surface area contributed by atoms with Crippen LogP contribution in [-0.2, 0) is 13.0 Å². The number of rotatable bonds is 6. The van der Waals surface area contributed by atoms with Gasteiger partial charge in [0.25, 0.3) is 0 Å². The quantitative estimate of drug-likeness (QED) is 0.880. The van der Waals surface area contributed by atoms with Crippen LogP contribution in [0.4, 0.5) is 0 Å². The van der Waals surface area contributed by atoms with Crippen LogP contribution in [0.25, 0.3) is 0 Å². The molecule has 0 fully saturated rings. The van der Waals surface area contributed by atoms with Crippen LogP contribution in [0.5, 0.6) is 0 Å². The van der Waals surface area contributed by atoms with Crippen molar-refractivity contribution < 1.29 is 0 Å². The Hall–Kier alpha value is -1.23. The number of aromatic nitrogens is 1. The summed E-state index contributed by atoms with van der Waals surface area (Å²) in [5.74, 6) is 0. The Labute approximate surface area is 119 Å². The highest BCUT2D eigenvalue weighted by Gasteiger charge is 2.10. The van der Waals surface area contributed by atoms with Gasteiger partial charge in [-0.25, -0.2) is 4.98 Å². The number of likely N-dealkylation sites (N-methyl/N-ethyl adjacent to an activating group) is 1. The molecule has 2 rings (SSSR count). The molecule has 0 aliphatic carbocycles. The normalized spacial score (nSPS) is 12.8. The van der Waals surface area contributed by atoms with Crippen LogP contribution in [0.15, 0.2) is 35.8 Å². The lowest BCUT2D eigenvalue weighted by Crippen LogP contribution is -2.36. The lowest BCUT2D eigenvalue weighted by Gasteiger charge is -2.21. The fourth-order valence-electron chi connectivity index (χ4n) is 2.17. The van der Waals surface area contributed by atoms with Crippen molar-refractivity contribution in [3.8, 4) is 0 Å². The predicted molar refractivity (Wildman–Crippen MR) is 81.3 cm³/mol. The van der Waals surface area contributed by atoms with Crippen molar-refractivity contribution in [3.05, 3.63) is 52.0 Å². The zero-order valence-corrected chi connectivity index (χ0v) is 12.4. The Balaban J connectivity index is 1.82. The van der Waals surface area contributed by atoms with Gasteiger partial charge in [0.05, 0.1) is 11.2 Å². The van der Waals surface area contributed by atoms with E-state index in [1.807, 2.05) is 11.6 Å². The number of nitrogens with two attached hydrogens (primary N) is 1. The summed E-state index contributed by atoms with van der Waals surface area (Å²) in [5, 5.41) is 0. The molecule has 1 atom stereocenters. The van der Waals surface area contributed by atoms with Gasteiger partial charge in [0, 0.05) is 24.0 Å². The van der Waals surface area contributed by atoms with Crippen LogP contribution in [0, 0.1) is 6.92 Å². The van der Waals surface area contributed by atoms with E-state index in [9.17, 15) is 0 Å². The van der Waals surface area contributed by atoms with E-state index < -0.39 is 0 Å². The number of aryl methyl sites for hydroxylation is 1. The van der Waals surface area contributed by atoms with Crippen molar-refractivity contribution in [1.82, 2.24) is 9.88 Å². The molecule has 2 aromatic rings. The molecule has 1 aromatic carbocycles. The van der Waals surface area contributed by atoms with Crippen molar-refractivity contribution in [2.75, 3.05) is 13.6 Å². The van der Waals surface area contributed by atoms with Gasteiger partial charge in [-0.15, -0.1) is 11.3 Å². The van der Waals surface area contributed by atoms with Gasteiger partial charge in [0.1, 0.15) is 0 Å². The minimum Gasteiger partial charge on any atom is -0.326 e. The molecule has 19 heavy (non-hydrogen) atoms. The zero-order chi connectivity index (χ0) is 13.7. The number of hydrogen-bond acceptors (Lipinski definition) is 4. The van der Waals surface area contributed by atoms with Gasteiger partial charge in [-0.2, -0.15) is 0 Å². The van der Waals surface area contributed by atoms with Crippen LogP contribution >= 0.6 is 11.3 Å². The maximum Gasteiger partial charge on any atom is 0.0798 e. The van der Waals surface area contributed by atoms with E-state index >= 15 is 0 Å². The summed E-state index contributed by atoms with van der Waals surface area (Å²) in [7, 11) is 2.12. The standard InChI is InChI=1S/C15H21N3S/c1-12-15(19-11-17-12)10-18(2)9-14(16)8-13-6-4-3-5-7-13/h3-7,11,14H,8-10,16H2,1-2H3. The second-order valence-corrected chi connectivity index (χ2v) is 5.95. The summed E-state index contributed by atoms with van der Waals surface area (Å²) in [4.78, 5) is 7.88. The molecule has 0 aliphatic rings. The number of hydrogen-bond donors (Lipinski definition) is 1. The van der Waals surface area contributed by atoms with Crippen LogP contribution in [0.1, 0.15) is 16.1 Å². The van der Waals surface area contributed by atoms with E-state index in [0.717, 1.165) is 25.2 Å². The largest absolute Gasteiger partial charge is 0.326 e. The first kappa shape index (κ1) is 14.2. The lowest BCUT2D eigenvalue weighted by molar-refractivity contribution is 0.304. The van der Waals surface area contributed by atoms with Gasteiger partial charge >= 0.3 is 0 Å². The summed E-state index contributed by atoms with van der Waals surface area (Å²) >= 11 is 1.72. The summed E-state index contributed by atoms with van der Waals surface area (Å²) in [6.45, 7) is 3.88. The van der Waals surface area contributed by atoms with Crippen molar-refractivity contribution in [2.45, 2.75) is 25.9 Å². The summed E-state index contributed by atoms with van der Waals surface area (Å²) in [6, 6.07) is 10.6. The molecular formula is C15H21N3S. The molecule has 102 valence electrons. The zero-order valence-electron chi connectivity index (χ0n) is 11.5. The van der Waals surface area contributed by atoms with Gasteiger partial charge in [0.15, 0.2) is 0 Å². The average molecular weight is 275 g/mol. The molecule has 2 N–H and O–H groups in total. The van der Waals surface area contributed by atoms with Crippen molar-refractivity contribution in [3.63, 3.8) is 0 Å². The molecule has 3 nitrogen and oxygen atoms in total. The van der Waals surface area contributed by atoms with Crippen LogP contribution in [-0.4, -0.2) is 29.5 Å². The minimum atomic E-state index is 0.167. The molecule has 0 saturated heterocycles. The molecule has 0 amide bonds. The van der Waals surface area contributed by atoms with E-state index in [4.69, 9.17) is 5.73 Å². The van der Waals surface area contributed by atoms with Crippen LogP contribution in [0.2, 0.25) is 0 Å². The minimum absolute atomic E-state index is 0.167. The van der Waals surface area contributed by atoms with Crippen molar-refractivity contribution in [2.24, 2.45) is 5.73 Å². The van der Waals surface area contributed by atoms with E-state index in [2.05, 4.69) is 48.1 Å². The fourth-order valence-corrected chi connectivity index (χ4v) is 3.03. The maximum atomic E-state index is 6.22. The summed E-state index contributed by atoms with van der Waals surface area (Å²) < 4.78 is 0. The molecular weight excluding hydrogens is 254 g/mol. The number of benzene rings is 1. The van der Waals surface area contributed by atoms with E-state index in [-0.39, 0.29) is 6.04 Å². The third kappa shape index (κ3) is 4.42. The van der Waals surface area contributed by atoms with Crippen LogP contribution < -0.4 is 5.73 Å². The fraction of sp³-hybridized carbons (Fsp3) is 0.400. The van der Waals surface area contributed by atoms with Crippen molar-refractivity contribution >= 4 is 11.3 Å². The molecule has 4 heteroatoms. The molecule has 0 bridgehead atoms. The highest BCUT2D eigenvalue weighted by atomic mass is 32.1.